The van der Waals surface area contributed by atoms with Gasteiger partial charge in [-0.25, -0.2) is 0 Å². The molecule has 1 aromatic heterocycles. The van der Waals surface area contributed by atoms with Gasteiger partial charge in [-0.05, 0) is 32.8 Å². The number of rotatable bonds is 2. The summed E-state index contributed by atoms with van der Waals surface area (Å²) in [6.07, 6.45) is 1.03. The number of carbonyl (C=O) groups is 2. The lowest BCUT2D eigenvalue weighted by molar-refractivity contribution is -0.143. The summed E-state index contributed by atoms with van der Waals surface area (Å²) in [7, 11) is 0. The fourth-order valence-corrected chi connectivity index (χ4v) is 2.33. The largest absolute Gasteiger partial charge is 0.481 e. The van der Waals surface area contributed by atoms with Crippen molar-refractivity contribution in [3.05, 3.63) is 23.2 Å². The standard InChI is InChI=1S/C13H17NO4/c1-8-7-9(2)18-11(8)12(15)14-5-3-10(4-6-14)13(16)17/h7,10H,3-6H2,1-2H3,(H,16,17). The molecular weight excluding hydrogens is 234 g/mol. The Kier molecular flexibility index (Phi) is 3.41. The topological polar surface area (TPSA) is 70.8 Å². The number of amides is 1. The van der Waals surface area contributed by atoms with Gasteiger partial charge < -0.3 is 14.4 Å². The van der Waals surface area contributed by atoms with Gasteiger partial charge in [0.05, 0.1) is 5.92 Å². The van der Waals surface area contributed by atoms with Crippen LogP contribution in [-0.2, 0) is 4.79 Å². The van der Waals surface area contributed by atoms with E-state index in [1.54, 1.807) is 11.8 Å². The lowest BCUT2D eigenvalue weighted by Crippen LogP contribution is -2.40. The highest BCUT2D eigenvalue weighted by Crippen LogP contribution is 2.21. The number of aryl methyl sites for hydroxylation is 2. The van der Waals surface area contributed by atoms with Gasteiger partial charge in [0, 0.05) is 18.7 Å². The van der Waals surface area contributed by atoms with Gasteiger partial charge >= 0.3 is 5.97 Å². The molecule has 1 aliphatic heterocycles. The van der Waals surface area contributed by atoms with Gasteiger partial charge in [0.2, 0.25) is 0 Å². The number of hydrogen-bond acceptors (Lipinski definition) is 3. The van der Waals surface area contributed by atoms with E-state index in [2.05, 4.69) is 0 Å². The van der Waals surface area contributed by atoms with Crippen LogP contribution in [0.4, 0.5) is 0 Å². The molecular formula is C13H17NO4. The molecule has 0 aliphatic carbocycles. The van der Waals surface area contributed by atoms with Gasteiger partial charge in [0.15, 0.2) is 5.76 Å². The molecule has 0 saturated carbocycles. The maximum absolute atomic E-state index is 12.2. The van der Waals surface area contributed by atoms with Crippen LogP contribution in [-0.4, -0.2) is 35.0 Å². The quantitative estimate of drug-likeness (QED) is 0.870. The summed E-state index contributed by atoms with van der Waals surface area (Å²) < 4.78 is 5.40. The average molecular weight is 251 g/mol. The molecule has 0 aromatic carbocycles. The maximum Gasteiger partial charge on any atom is 0.306 e. The summed E-state index contributed by atoms with van der Waals surface area (Å²) in [4.78, 5) is 24.7. The second-order valence-corrected chi connectivity index (χ2v) is 4.77. The summed E-state index contributed by atoms with van der Waals surface area (Å²) in [5.74, 6) is -0.136. The number of aliphatic carboxylic acids is 1. The Morgan fingerprint density at radius 1 is 1.33 bits per heavy atom. The van der Waals surface area contributed by atoms with Crippen molar-refractivity contribution >= 4 is 11.9 Å². The van der Waals surface area contributed by atoms with Crippen LogP contribution in [0.1, 0.15) is 34.7 Å². The van der Waals surface area contributed by atoms with Gasteiger partial charge in [-0.3, -0.25) is 9.59 Å². The van der Waals surface area contributed by atoms with Crippen LogP contribution in [0.5, 0.6) is 0 Å². The van der Waals surface area contributed by atoms with Crippen molar-refractivity contribution < 1.29 is 19.1 Å². The average Bonchev–Trinajstić information content (AvgIpc) is 2.67. The highest BCUT2D eigenvalue weighted by atomic mass is 16.4. The van der Waals surface area contributed by atoms with E-state index in [0.717, 1.165) is 11.3 Å². The van der Waals surface area contributed by atoms with Crippen molar-refractivity contribution in [3.63, 3.8) is 0 Å². The van der Waals surface area contributed by atoms with Crippen LogP contribution in [0.25, 0.3) is 0 Å². The Morgan fingerprint density at radius 2 is 1.94 bits per heavy atom. The third kappa shape index (κ3) is 2.39. The number of likely N-dealkylation sites (tertiary alicyclic amines) is 1. The first kappa shape index (κ1) is 12.7. The number of nitrogens with zero attached hydrogens (tertiary/aromatic N) is 1. The zero-order valence-corrected chi connectivity index (χ0v) is 10.6. The Hall–Kier alpha value is -1.78. The molecule has 2 heterocycles. The number of hydrogen-bond donors (Lipinski definition) is 1. The van der Waals surface area contributed by atoms with Crippen LogP contribution in [0, 0.1) is 19.8 Å². The van der Waals surface area contributed by atoms with E-state index in [1.165, 1.54) is 0 Å². The molecule has 1 saturated heterocycles. The number of carbonyl (C=O) groups excluding carboxylic acids is 1. The van der Waals surface area contributed by atoms with Crippen molar-refractivity contribution in [1.29, 1.82) is 0 Å². The van der Waals surface area contributed by atoms with E-state index in [1.807, 2.05) is 13.0 Å². The zero-order valence-electron chi connectivity index (χ0n) is 10.6. The number of carboxylic acid groups (broad SMARTS) is 1. The van der Waals surface area contributed by atoms with Crippen molar-refractivity contribution in [2.24, 2.45) is 5.92 Å². The molecule has 0 unspecified atom stereocenters. The third-order valence-electron chi connectivity index (χ3n) is 3.37. The molecule has 98 valence electrons. The third-order valence-corrected chi connectivity index (χ3v) is 3.37. The Balaban J connectivity index is 2.04. The maximum atomic E-state index is 12.2. The molecule has 2 rings (SSSR count). The molecule has 18 heavy (non-hydrogen) atoms. The molecule has 1 amide bonds. The second-order valence-electron chi connectivity index (χ2n) is 4.77. The van der Waals surface area contributed by atoms with Gasteiger partial charge in [-0.15, -0.1) is 0 Å². The first-order valence-electron chi connectivity index (χ1n) is 6.08. The summed E-state index contributed by atoms with van der Waals surface area (Å²) >= 11 is 0. The molecule has 1 aromatic rings. The van der Waals surface area contributed by atoms with E-state index in [-0.39, 0.29) is 11.8 Å². The van der Waals surface area contributed by atoms with E-state index >= 15 is 0 Å². The van der Waals surface area contributed by atoms with Crippen molar-refractivity contribution in [2.45, 2.75) is 26.7 Å². The minimum atomic E-state index is -0.771. The predicted molar refractivity (Wildman–Crippen MR) is 64.4 cm³/mol. The molecule has 5 heteroatoms. The molecule has 0 spiro atoms. The molecule has 1 aliphatic rings. The minimum absolute atomic E-state index is 0.135. The van der Waals surface area contributed by atoms with E-state index in [4.69, 9.17) is 9.52 Å². The van der Waals surface area contributed by atoms with Crippen LogP contribution in [0.3, 0.4) is 0 Å². The fraction of sp³-hybridized carbons (Fsp3) is 0.538. The first-order valence-corrected chi connectivity index (χ1v) is 6.08. The molecule has 5 nitrogen and oxygen atoms in total. The van der Waals surface area contributed by atoms with Gasteiger partial charge in [0.25, 0.3) is 5.91 Å². The zero-order chi connectivity index (χ0) is 13.3. The lowest BCUT2D eigenvalue weighted by atomic mass is 9.97. The monoisotopic (exact) mass is 251 g/mol. The smallest absolute Gasteiger partial charge is 0.306 e. The van der Waals surface area contributed by atoms with Crippen molar-refractivity contribution in [1.82, 2.24) is 4.90 Å². The summed E-state index contributed by atoms with van der Waals surface area (Å²) in [5, 5.41) is 8.91. The Morgan fingerprint density at radius 3 is 2.39 bits per heavy atom. The number of furan rings is 1. The predicted octanol–water partition coefficient (Wildman–Crippen LogP) is 1.83. The van der Waals surface area contributed by atoms with Crippen LogP contribution >= 0.6 is 0 Å². The fourth-order valence-electron chi connectivity index (χ4n) is 2.33. The van der Waals surface area contributed by atoms with E-state index in [0.29, 0.717) is 31.7 Å². The first-order chi connectivity index (χ1) is 8.49. The molecule has 0 bridgehead atoms. The lowest BCUT2D eigenvalue weighted by Gasteiger charge is -2.29. The SMILES string of the molecule is Cc1cc(C)c(C(=O)N2CCC(C(=O)O)CC2)o1. The van der Waals surface area contributed by atoms with Crippen molar-refractivity contribution in [2.75, 3.05) is 13.1 Å². The molecule has 0 atom stereocenters. The molecule has 1 fully saturated rings. The summed E-state index contributed by atoms with van der Waals surface area (Å²) in [6.45, 7) is 4.61. The Labute approximate surface area is 105 Å². The van der Waals surface area contributed by atoms with Gasteiger partial charge in [-0.1, -0.05) is 0 Å². The van der Waals surface area contributed by atoms with Gasteiger partial charge in [-0.2, -0.15) is 0 Å². The molecule has 1 N–H and O–H groups in total. The van der Waals surface area contributed by atoms with Crippen molar-refractivity contribution in [3.8, 4) is 0 Å². The number of piperidine rings is 1. The van der Waals surface area contributed by atoms with Crippen LogP contribution in [0.2, 0.25) is 0 Å². The molecule has 0 radical (unpaired) electrons. The minimum Gasteiger partial charge on any atom is -0.481 e. The highest BCUT2D eigenvalue weighted by molar-refractivity contribution is 5.93. The number of carboxylic acids is 1. The van der Waals surface area contributed by atoms with E-state index < -0.39 is 5.97 Å². The normalized spacial score (nSPS) is 16.9. The van der Waals surface area contributed by atoms with Gasteiger partial charge in [0.1, 0.15) is 5.76 Å². The van der Waals surface area contributed by atoms with Crippen LogP contribution < -0.4 is 0 Å². The Bertz CT molecular complexity index is 469. The van der Waals surface area contributed by atoms with Crippen LogP contribution in [0.15, 0.2) is 10.5 Å². The van der Waals surface area contributed by atoms with E-state index in [9.17, 15) is 9.59 Å². The highest BCUT2D eigenvalue weighted by Gasteiger charge is 2.29. The summed E-state index contributed by atoms with van der Waals surface area (Å²) in [6, 6.07) is 1.83. The second kappa shape index (κ2) is 4.84. The summed E-state index contributed by atoms with van der Waals surface area (Å²) in [5.41, 5.74) is 0.831.